The standard InChI is InChI=1S/C15H14F2N2O3S/c16-10-1-2-11(17)12(7-10)19-15(22)14(21)18-5-3-13(20)9-4-6-23-8-9/h1-2,4,6-8,13,20H,3,5H2,(H,18,21)(H,19,22). The number of anilines is 1. The van der Waals surface area contributed by atoms with Gasteiger partial charge in [0.05, 0.1) is 11.8 Å². The normalized spacial score (nSPS) is 11.8. The number of benzene rings is 1. The van der Waals surface area contributed by atoms with Crippen LogP contribution in [0.3, 0.4) is 0 Å². The fourth-order valence-electron chi connectivity index (χ4n) is 1.81. The first-order valence-corrected chi connectivity index (χ1v) is 7.66. The van der Waals surface area contributed by atoms with Gasteiger partial charge in [-0.2, -0.15) is 11.3 Å². The predicted molar refractivity (Wildman–Crippen MR) is 81.9 cm³/mol. The molecule has 2 rings (SSSR count). The van der Waals surface area contributed by atoms with E-state index in [9.17, 15) is 23.5 Å². The van der Waals surface area contributed by atoms with Gasteiger partial charge >= 0.3 is 11.8 Å². The van der Waals surface area contributed by atoms with Gasteiger partial charge in [0.1, 0.15) is 11.6 Å². The molecule has 122 valence electrons. The number of hydrogen-bond acceptors (Lipinski definition) is 4. The summed E-state index contributed by atoms with van der Waals surface area (Å²) in [4.78, 5) is 23.2. The second kappa shape index (κ2) is 7.80. The molecule has 3 N–H and O–H groups in total. The molecule has 0 bridgehead atoms. The van der Waals surface area contributed by atoms with Crippen molar-refractivity contribution in [2.75, 3.05) is 11.9 Å². The molecular weight excluding hydrogens is 326 g/mol. The van der Waals surface area contributed by atoms with Gasteiger partial charge in [-0.15, -0.1) is 0 Å². The average molecular weight is 340 g/mol. The summed E-state index contributed by atoms with van der Waals surface area (Å²) in [6.45, 7) is 0.0644. The molecule has 1 heterocycles. The SMILES string of the molecule is O=C(NCCC(O)c1ccsc1)C(=O)Nc1cc(F)ccc1F. The van der Waals surface area contributed by atoms with Crippen molar-refractivity contribution in [2.45, 2.75) is 12.5 Å². The maximum Gasteiger partial charge on any atom is 0.313 e. The van der Waals surface area contributed by atoms with E-state index in [1.807, 2.05) is 10.7 Å². The van der Waals surface area contributed by atoms with Crippen LogP contribution in [-0.2, 0) is 9.59 Å². The van der Waals surface area contributed by atoms with Crippen LogP contribution in [-0.4, -0.2) is 23.5 Å². The molecule has 0 radical (unpaired) electrons. The number of rotatable bonds is 5. The summed E-state index contributed by atoms with van der Waals surface area (Å²) >= 11 is 1.44. The van der Waals surface area contributed by atoms with E-state index in [1.165, 1.54) is 11.3 Å². The molecule has 8 heteroatoms. The minimum atomic E-state index is -1.11. The summed E-state index contributed by atoms with van der Waals surface area (Å²) < 4.78 is 26.3. The Hall–Kier alpha value is -2.32. The molecule has 0 saturated carbocycles. The van der Waals surface area contributed by atoms with E-state index in [1.54, 1.807) is 11.4 Å². The molecule has 2 amide bonds. The van der Waals surface area contributed by atoms with Crippen molar-refractivity contribution in [3.8, 4) is 0 Å². The lowest BCUT2D eigenvalue weighted by atomic mass is 10.1. The highest BCUT2D eigenvalue weighted by Gasteiger charge is 2.16. The molecular formula is C15H14F2N2O3S. The Morgan fingerprint density at radius 3 is 2.70 bits per heavy atom. The molecule has 0 aliphatic rings. The molecule has 1 unspecified atom stereocenters. The Morgan fingerprint density at radius 2 is 2.00 bits per heavy atom. The van der Waals surface area contributed by atoms with Crippen molar-refractivity contribution in [1.82, 2.24) is 5.32 Å². The second-order valence-corrected chi connectivity index (χ2v) is 5.48. The summed E-state index contributed by atoms with van der Waals surface area (Å²) in [7, 11) is 0. The average Bonchev–Trinajstić information content (AvgIpc) is 3.05. The minimum absolute atomic E-state index is 0.0644. The zero-order chi connectivity index (χ0) is 16.8. The van der Waals surface area contributed by atoms with Gasteiger partial charge in [-0.1, -0.05) is 0 Å². The fraction of sp³-hybridized carbons (Fsp3) is 0.200. The van der Waals surface area contributed by atoms with Crippen molar-refractivity contribution in [1.29, 1.82) is 0 Å². The highest BCUT2D eigenvalue weighted by Crippen LogP contribution is 2.18. The summed E-state index contributed by atoms with van der Waals surface area (Å²) in [6.07, 6.45) is -0.519. The molecule has 0 aliphatic heterocycles. The number of amides is 2. The van der Waals surface area contributed by atoms with Crippen LogP contribution in [0.25, 0.3) is 0 Å². The number of hydrogen-bond donors (Lipinski definition) is 3. The topological polar surface area (TPSA) is 78.4 Å². The van der Waals surface area contributed by atoms with Crippen molar-refractivity contribution in [3.05, 3.63) is 52.2 Å². The van der Waals surface area contributed by atoms with Crippen LogP contribution >= 0.6 is 11.3 Å². The maximum absolute atomic E-state index is 13.4. The summed E-state index contributed by atoms with van der Waals surface area (Å²) in [6, 6.07) is 4.29. The first kappa shape index (κ1) is 17.0. The summed E-state index contributed by atoms with van der Waals surface area (Å²) in [5.74, 6) is -3.69. The van der Waals surface area contributed by atoms with E-state index in [-0.39, 0.29) is 13.0 Å². The molecule has 2 aromatic rings. The summed E-state index contributed by atoms with van der Waals surface area (Å²) in [5, 5.41) is 17.7. The van der Waals surface area contributed by atoms with E-state index in [0.29, 0.717) is 0 Å². The van der Waals surface area contributed by atoms with Gasteiger partial charge in [0, 0.05) is 12.6 Å². The molecule has 0 aliphatic carbocycles. The van der Waals surface area contributed by atoms with E-state index >= 15 is 0 Å². The van der Waals surface area contributed by atoms with Crippen LogP contribution in [0.2, 0.25) is 0 Å². The smallest absolute Gasteiger partial charge is 0.313 e. The predicted octanol–water partition coefficient (Wildman–Crippen LogP) is 2.20. The van der Waals surface area contributed by atoms with Gasteiger partial charge in [0.2, 0.25) is 0 Å². The Morgan fingerprint density at radius 1 is 1.22 bits per heavy atom. The van der Waals surface area contributed by atoms with E-state index < -0.39 is 35.2 Å². The van der Waals surface area contributed by atoms with Crippen molar-refractivity contribution in [3.63, 3.8) is 0 Å². The van der Waals surface area contributed by atoms with Crippen LogP contribution < -0.4 is 10.6 Å². The molecule has 1 atom stereocenters. The van der Waals surface area contributed by atoms with E-state index in [4.69, 9.17) is 0 Å². The largest absolute Gasteiger partial charge is 0.388 e. The Labute approximate surface area is 135 Å². The van der Waals surface area contributed by atoms with Gasteiger partial charge in [0.25, 0.3) is 0 Å². The number of carbonyl (C=O) groups excluding carboxylic acids is 2. The molecule has 5 nitrogen and oxygen atoms in total. The van der Waals surface area contributed by atoms with Gasteiger partial charge in [-0.05, 0) is 40.9 Å². The molecule has 0 fully saturated rings. The van der Waals surface area contributed by atoms with Crippen molar-refractivity contribution < 1.29 is 23.5 Å². The third-order valence-corrected chi connectivity index (χ3v) is 3.72. The molecule has 1 aromatic heterocycles. The van der Waals surface area contributed by atoms with Crippen LogP contribution in [0.15, 0.2) is 35.0 Å². The van der Waals surface area contributed by atoms with Gasteiger partial charge in [0.15, 0.2) is 0 Å². The highest BCUT2D eigenvalue weighted by atomic mass is 32.1. The van der Waals surface area contributed by atoms with Crippen LogP contribution in [0.1, 0.15) is 18.1 Å². The Kier molecular flexibility index (Phi) is 5.78. The maximum atomic E-state index is 13.4. The number of aliphatic hydroxyl groups excluding tert-OH is 1. The third kappa shape index (κ3) is 4.83. The number of nitrogens with one attached hydrogen (secondary N) is 2. The number of carbonyl (C=O) groups is 2. The monoisotopic (exact) mass is 340 g/mol. The molecule has 0 saturated heterocycles. The quantitative estimate of drug-likeness (QED) is 0.730. The molecule has 23 heavy (non-hydrogen) atoms. The lowest BCUT2D eigenvalue weighted by Gasteiger charge is -2.10. The summed E-state index contributed by atoms with van der Waals surface area (Å²) in [5.41, 5.74) is 0.319. The van der Waals surface area contributed by atoms with Gasteiger partial charge < -0.3 is 15.7 Å². The lowest BCUT2D eigenvalue weighted by molar-refractivity contribution is -0.136. The Bertz CT molecular complexity index is 692. The number of thiophene rings is 1. The fourth-order valence-corrected chi connectivity index (χ4v) is 2.51. The molecule has 1 aromatic carbocycles. The third-order valence-electron chi connectivity index (χ3n) is 3.01. The van der Waals surface area contributed by atoms with Gasteiger partial charge in [-0.25, -0.2) is 8.78 Å². The first-order valence-electron chi connectivity index (χ1n) is 6.72. The minimum Gasteiger partial charge on any atom is -0.388 e. The highest BCUT2D eigenvalue weighted by molar-refractivity contribution is 7.07. The van der Waals surface area contributed by atoms with Gasteiger partial charge in [-0.3, -0.25) is 9.59 Å². The second-order valence-electron chi connectivity index (χ2n) is 4.70. The zero-order valence-electron chi connectivity index (χ0n) is 11.9. The van der Waals surface area contributed by atoms with Crippen molar-refractivity contribution >= 4 is 28.8 Å². The van der Waals surface area contributed by atoms with E-state index in [0.717, 1.165) is 23.8 Å². The first-order chi connectivity index (χ1) is 11.0. The van der Waals surface area contributed by atoms with Crippen LogP contribution in [0.4, 0.5) is 14.5 Å². The number of aliphatic hydroxyl groups is 1. The van der Waals surface area contributed by atoms with Crippen molar-refractivity contribution in [2.24, 2.45) is 0 Å². The Balaban J connectivity index is 1.81. The van der Waals surface area contributed by atoms with Crippen LogP contribution in [0, 0.1) is 11.6 Å². The lowest BCUT2D eigenvalue weighted by Crippen LogP contribution is -2.36. The zero-order valence-corrected chi connectivity index (χ0v) is 12.7. The number of halogens is 2. The molecule has 0 spiro atoms. The van der Waals surface area contributed by atoms with Crippen LogP contribution in [0.5, 0.6) is 0 Å². The van der Waals surface area contributed by atoms with E-state index in [2.05, 4.69) is 5.32 Å².